The van der Waals surface area contributed by atoms with E-state index in [1.54, 1.807) is 0 Å². The molecule has 0 saturated carbocycles. The maximum atomic E-state index is 10.7. The maximum absolute atomic E-state index is 10.7. The average molecular weight is 241 g/mol. The van der Waals surface area contributed by atoms with Gasteiger partial charge in [0.2, 0.25) is 0 Å². The van der Waals surface area contributed by atoms with Gasteiger partial charge >= 0.3 is 5.97 Å². The lowest BCUT2D eigenvalue weighted by Gasteiger charge is -2.37. The summed E-state index contributed by atoms with van der Waals surface area (Å²) in [5.74, 6) is -0.313. The van der Waals surface area contributed by atoms with Crippen molar-refractivity contribution in [2.24, 2.45) is 5.92 Å². The molecule has 0 aromatic heterocycles. The summed E-state index contributed by atoms with van der Waals surface area (Å²) in [6.45, 7) is 6.28. The van der Waals surface area contributed by atoms with Gasteiger partial charge < -0.3 is 9.84 Å². The minimum atomic E-state index is -0.662. The van der Waals surface area contributed by atoms with E-state index in [0.717, 1.165) is 32.4 Å². The van der Waals surface area contributed by atoms with Crippen LogP contribution in [0.2, 0.25) is 0 Å². The molecule has 2 rings (SSSR count). The van der Waals surface area contributed by atoms with Crippen molar-refractivity contribution < 1.29 is 14.6 Å². The molecule has 2 aliphatic heterocycles. The van der Waals surface area contributed by atoms with Crippen LogP contribution in [-0.4, -0.2) is 47.3 Å². The van der Waals surface area contributed by atoms with Crippen LogP contribution in [0.25, 0.3) is 0 Å². The Morgan fingerprint density at radius 3 is 2.59 bits per heavy atom. The second-order valence-electron chi connectivity index (χ2n) is 5.63. The first-order valence-corrected chi connectivity index (χ1v) is 6.66. The number of carbonyl (C=O) groups is 1. The summed E-state index contributed by atoms with van der Waals surface area (Å²) in [4.78, 5) is 13.2. The van der Waals surface area contributed by atoms with Crippen LogP contribution in [0.15, 0.2) is 0 Å². The number of hydrogen-bond acceptors (Lipinski definition) is 3. The molecule has 1 N–H and O–H groups in total. The number of nitrogens with zero attached hydrogens (tertiary/aromatic N) is 1. The molecule has 3 unspecified atom stereocenters. The second-order valence-corrected chi connectivity index (χ2v) is 5.63. The lowest BCUT2D eigenvalue weighted by Crippen LogP contribution is -2.43. The first kappa shape index (κ1) is 12.8. The monoisotopic (exact) mass is 241 g/mol. The molecule has 0 radical (unpaired) electrons. The Bertz CT molecular complexity index is 272. The molecule has 0 aromatic rings. The Hall–Kier alpha value is -0.610. The molecule has 0 aliphatic carbocycles. The van der Waals surface area contributed by atoms with Crippen LogP contribution in [0.1, 0.15) is 39.5 Å². The summed E-state index contributed by atoms with van der Waals surface area (Å²) in [5, 5.41) is 8.82. The molecule has 17 heavy (non-hydrogen) atoms. The van der Waals surface area contributed by atoms with E-state index in [9.17, 15) is 4.79 Å². The fourth-order valence-electron chi connectivity index (χ4n) is 3.28. The molecular weight excluding hydrogens is 218 g/mol. The predicted octanol–water partition coefficient (Wildman–Crippen LogP) is 1.74. The van der Waals surface area contributed by atoms with Crippen LogP contribution in [0.5, 0.6) is 0 Å². The smallest absolute Gasteiger partial charge is 0.303 e. The molecule has 98 valence electrons. The number of rotatable bonds is 3. The van der Waals surface area contributed by atoms with Gasteiger partial charge in [-0.15, -0.1) is 0 Å². The molecule has 3 atom stereocenters. The first-order chi connectivity index (χ1) is 8.04. The van der Waals surface area contributed by atoms with Gasteiger partial charge in [0, 0.05) is 19.0 Å². The Morgan fingerprint density at radius 1 is 1.35 bits per heavy atom. The summed E-state index contributed by atoms with van der Waals surface area (Å²) in [6.07, 6.45) is 4.20. The van der Waals surface area contributed by atoms with Crippen LogP contribution in [-0.2, 0) is 9.53 Å². The van der Waals surface area contributed by atoms with Crippen molar-refractivity contribution in [3.63, 3.8) is 0 Å². The van der Waals surface area contributed by atoms with Crippen LogP contribution in [0.3, 0.4) is 0 Å². The van der Waals surface area contributed by atoms with Crippen molar-refractivity contribution in [1.29, 1.82) is 0 Å². The zero-order valence-electron chi connectivity index (χ0n) is 10.8. The third-order valence-electron chi connectivity index (χ3n) is 3.97. The minimum Gasteiger partial charge on any atom is -0.481 e. The van der Waals surface area contributed by atoms with Crippen molar-refractivity contribution in [2.75, 3.05) is 13.1 Å². The van der Waals surface area contributed by atoms with Gasteiger partial charge in [-0.05, 0) is 45.6 Å². The number of likely N-dealkylation sites (tertiary alicyclic amines) is 1. The highest BCUT2D eigenvalue weighted by atomic mass is 16.5. The van der Waals surface area contributed by atoms with Crippen molar-refractivity contribution >= 4 is 5.97 Å². The standard InChI is InChI=1S/C13H23NO3/c1-9-5-12(6-10(2)17-9)14-4-3-11(8-14)7-13(15)16/h9-12H,3-8H2,1-2H3,(H,15,16). The molecule has 0 bridgehead atoms. The van der Waals surface area contributed by atoms with E-state index in [2.05, 4.69) is 18.7 Å². The summed E-state index contributed by atoms with van der Waals surface area (Å²) < 4.78 is 5.75. The van der Waals surface area contributed by atoms with E-state index in [0.29, 0.717) is 30.6 Å². The van der Waals surface area contributed by atoms with Crippen LogP contribution in [0.4, 0.5) is 0 Å². The SMILES string of the molecule is CC1CC(N2CCC(CC(=O)O)C2)CC(C)O1. The van der Waals surface area contributed by atoms with E-state index >= 15 is 0 Å². The number of ether oxygens (including phenoxy) is 1. The molecule has 2 aliphatic rings. The van der Waals surface area contributed by atoms with E-state index in [1.165, 1.54) is 0 Å². The van der Waals surface area contributed by atoms with Gasteiger partial charge in [-0.25, -0.2) is 0 Å². The van der Waals surface area contributed by atoms with Crippen LogP contribution >= 0.6 is 0 Å². The van der Waals surface area contributed by atoms with Crippen molar-refractivity contribution in [3.05, 3.63) is 0 Å². The largest absolute Gasteiger partial charge is 0.481 e. The van der Waals surface area contributed by atoms with E-state index in [-0.39, 0.29) is 0 Å². The minimum absolute atomic E-state index is 0.324. The summed E-state index contributed by atoms with van der Waals surface area (Å²) in [5.41, 5.74) is 0. The summed E-state index contributed by atoms with van der Waals surface area (Å²) >= 11 is 0. The lowest BCUT2D eigenvalue weighted by atomic mass is 9.98. The Labute approximate surface area is 103 Å². The fraction of sp³-hybridized carbons (Fsp3) is 0.923. The molecule has 2 saturated heterocycles. The van der Waals surface area contributed by atoms with E-state index in [4.69, 9.17) is 9.84 Å². The summed E-state index contributed by atoms with van der Waals surface area (Å²) in [7, 11) is 0. The highest BCUT2D eigenvalue weighted by Crippen LogP contribution is 2.29. The molecule has 4 heteroatoms. The number of hydrogen-bond donors (Lipinski definition) is 1. The van der Waals surface area contributed by atoms with Crippen molar-refractivity contribution in [2.45, 2.75) is 57.8 Å². The van der Waals surface area contributed by atoms with Gasteiger partial charge in [-0.2, -0.15) is 0 Å². The number of carboxylic acid groups (broad SMARTS) is 1. The zero-order chi connectivity index (χ0) is 12.4. The average Bonchev–Trinajstić information content (AvgIpc) is 2.63. The molecule has 2 fully saturated rings. The predicted molar refractivity (Wildman–Crippen MR) is 65.0 cm³/mol. The number of aliphatic carboxylic acids is 1. The molecule has 0 spiro atoms. The molecule has 0 amide bonds. The van der Waals surface area contributed by atoms with Gasteiger partial charge in [0.15, 0.2) is 0 Å². The second kappa shape index (κ2) is 5.36. The highest BCUT2D eigenvalue weighted by molar-refractivity contribution is 5.67. The van der Waals surface area contributed by atoms with Gasteiger partial charge in [0.25, 0.3) is 0 Å². The maximum Gasteiger partial charge on any atom is 0.303 e. The van der Waals surface area contributed by atoms with Gasteiger partial charge in [-0.3, -0.25) is 9.69 Å². The molecular formula is C13H23NO3. The molecule has 2 heterocycles. The Balaban J connectivity index is 1.85. The fourth-order valence-corrected chi connectivity index (χ4v) is 3.28. The van der Waals surface area contributed by atoms with Crippen molar-refractivity contribution in [1.82, 2.24) is 4.90 Å². The van der Waals surface area contributed by atoms with E-state index in [1.807, 2.05) is 0 Å². The summed E-state index contributed by atoms with van der Waals surface area (Å²) in [6, 6.07) is 0.590. The van der Waals surface area contributed by atoms with Gasteiger partial charge in [-0.1, -0.05) is 0 Å². The van der Waals surface area contributed by atoms with Crippen LogP contribution in [0, 0.1) is 5.92 Å². The van der Waals surface area contributed by atoms with E-state index < -0.39 is 5.97 Å². The normalized spacial score (nSPS) is 39.4. The number of carboxylic acids is 1. The zero-order valence-corrected chi connectivity index (χ0v) is 10.8. The van der Waals surface area contributed by atoms with Crippen LogP contribution < -0.4 is 0 Å². The highest BCUT2D eigenvalue weighted by Gasteiger charge is 2.33. The Kier molecular flexibility index (Phi) is 4.05. The quantitative estimate of drug-likeness (QED) is 0.817. The molecule has 0 aromatic carbocycles. The third-order valence-corrected chi connectivity index (χ3v) is 3.97. The lowest BCUT2D eigenvalue weighted by molar-refractivity contribution is -0.138. The molecule has 4 nitrogen and oxygen atoms in total. The third kappa shape index (κ3) is 3.42. The van der Waals surface area contributed by atoms with Crippen molar-refractivity contribution in [3.8, 4) is 0 Å². The first-order valence-electron chi connectivity index (χ1n) is 6.66. The topological polar surface area (TPSA) is 49.8 Å². The Morgan fingerprint density at radius 2 is 2.00 bits per heavy atom. The van der Waals surface area contributed by atoms with Gasteiger partial charge in [0.05, 0.1) is 12.2 Å². The van der Waals surface area contributed by atoms with Gasteiger partial charge in [0.1, 0.15) is 0 Å².